The Morgan fingerprint density at radius 2 is 1.36 bits per heavy atom. The van der Waals surface area contributed by atoms with Crippen LogP contribution in [-0.4, -0.2) is 24.1 Å². The predicted molar refractivity (Wildman–Crippen MR) is 261 cm³/mol. The molecule has 13 rings (SSSR count). The van der Waals surface area contributed by atoms with Gasteiger partial charge in [-0.15, -0.1) is 0 Å². The fourth-order valence-electron chi connectivity index (χ4n) is 11.2. The maximum Gasteiger partial charge on any atom is 0.164 e. The molecule has 0 amide bonds. The number of hydrogen-bond donors (Lipinski definition) is 1. The van der Waals surface area contributed by atoms with Gasteiger partial charge in [0.05, 0.1) is 39.4 Å². The maximum absolute atomic E-state index is 7.29. The number of allylic oxidation sites excluding steroid dienone is 8. The number of benzene rings is 6. The first-order valence-electron chi connectivity index (χ1n) is 22.9. The number of nitrogens with zero attached hydrogens (tertiary/aromatic N) is 5. The minimum atomic E-state index is 0.181. The molecule has 310 valence electrons. The standard InChI is InChI=1S/C57H46N6O/c58-46-33-39(57-60-55(36-16-5-2-6-17-36)59-56(61-57)38-19-13-18-37(32-38)35-14-3-1-4-15-35)26-29-49(46)63-47-23-10-7-20-41(47)43-28-30-50-53(54(43)63)44-22-8-11-24-48(44)62(50)40-27-31-52-45(34-40)42-21-9-12-25-51(42)64-52/h2-3,5-12,14,16-17,20-33,35,37,45H,1,4,13,15,18-19,34,58H2. The highest BCUT2D eigenvalue weighted by molar-refractivity contribution is 6.26. The van der Waals surface area contributed by atoms with Crippen LogP contribution in [0.15, 0.2) is 170 Å². The van der Waals surface area contributed by atoms with Crippen molar-refractivity contribution in [2.45, 2.75) is 50.9 Å². The molecule has 0 bridgehead atoms. The summed E-state index contributed by atoms with van der Waals surface area (Å²) in [6.45, 7) is 0. The number of aromatic nitrogens is 5. The number of hydrogen-bond acceptors (Lipinski definition) is 5. The van der Waals surface area contributed by atoms with Crippen molar-refractivity contribution in [1.29, 1.82) is 0 Å². The highest BCUT2D eigenvalue weighted by Crippen LogP contribution is 2.49. The molecule has 7 heteroatoms. The van der Waals surface area contributed by atoms with Gasteiger partial charge in [0, 0.05) is 50.4 Å². The first-order valence-corrected chi connectivity index (χ1v) is 22.9. The van der Waals surface area contributed by atoms with Crippen LogP contribution in [0.4, 0.5) is 5.69 Å². The summed E-state index contributed by atoms with van der Waals surface area (Å²) in [5.41, 5.74) is 19.0. The van der Waals surface area contributed by atoms with Crippen LogP contribution in [0.1, 0.15) is 62.3 Å². The van der Waals surface area contributed by atoms with Crippen LogP contribution >= 0.6 is 0 Å². The van der Waals surface area contributed by atoms with Gasteiger partial charge in [-0.3, -0.25) is 0 Å². The van der Waals surface area contributed by atoms with Gasteiger partial charge in [0.2, 0.25) is 0 Å². The van der Waals surface area contributed by atoms with Gasteiger partial charge in [-0.2, -0.15) is 0 Å². The summed E-state index contributed by atoms with van der Waals surface area (Å²) >= 11 is 0. The van der Waals surface area contributed by atoms with Crippen LogP contribution in [0, 0.1) is 11.8 Å². The van der Waals surface area contributed by atoms with E-state index in [1.54, 1.807) is 0 Å². The van der Waals surface area contributed by atoms with E-state index >= 15 is 0 Å². The Bertz CT molecular complexity index is 3490. The lowest BCUT2D eigenvalue weighted by Gasteiger charge is -2.28. The van der Waals surface area contributed by atoms with E-state index in [4.69, 9.17) is 25.4 Å². The first-order chi connectivity index (χ1) is 31.6. The van der Waals surface area contributed by atoms with Crippen molar-refractivity contribution in [3.05, 3.63) is 181 Å². The molecule has 3 aliphatic carbocycles. The van der Waals surface area contributed by atoms with Gasteiger partial charge in [0.25, 0.3) is 0 Å². The Kier molecular flexibility index (Phi) is 8.58. The van der Waals surface area contributed by atoms with Crippen molar-refractivity contribution in [2.24, 2.45) is 11.8 Å². The van der Waals surface area contributed by atoms with Crippen LogP contribution in [0.5, 0.6) is 5.75 Å². The summed E-state index contributed by atoms with van der Waals surface area (Å²) in [7, 11) is 0. The predicted octanol–water partition coefficient (Wildman–Crippen LogP) is 13.8. The second-order valence-corrected chi connectivity index (χ2v) is 17.9. The van der Waals surface area contributed by atoms with Gasteiger partial charge in [-0.1, -0.05) is 109 Å². The number of rotatable bonds is 6. The van der Waals surface area contributed by atoms with Crippen LogP contribution in [-0.2, 0) is 0 Å². The van der Waals surface area contributed by atoms with E-state index in [9.17, 15) is 0 Å². The third kappa shape index (κ3) is 5.90. The quantitative estimate of drug-likeness (QED) is 0.133. The van der Waals surface area contributed by atoms with Crippen molar-refractivity contribution >= 4 is 60.6 Å². The molecule has 64 heavy (non-hydrogen) atoms. The lowest BCUT2D eigenvalue weighted by atomic mass is 9.77. The maximum atomic E-state index is 7.29. The molecule has 2 N–H and O–H groups in total. The number of nitrogens with two attached hydrogens (primary N) is 1. The monoisotopic (exact) mass is 830 g/mol. The Morgan fingerprint density at radius 1 is 0.609 bits per heavy atom. The molecule has 0 fully saturated rings. The second-order valence-electron chi connectivity index (χ2n) is 17.9. The van der Waals surface area contributed by atoms with Gasteiger partial charge >= 0.3 is 0 Å². The molecule has 4 heterocycles. The van der Waals surface area contributed by atoms with E-state index < -0.39 is 0 Å². The van der Waals surface area contributed by atoms with Crippen molar-refractivity contribution in [3.63, 3.8) is 0 Å². The minimum Gasteiger partial charge on any atom is -0.461 e. The smallest absolute Gasteiger partial charge is 0.164 e. The fourth-order valence-corrected chi connectivity index (χ4v) is 11.2. The molecule has 1 aliphatic heterocycles. The Hall–Kier alpha value is -7.51. The van der Waals surface area contributed by atoms with E-state index in [0.29, 0.717) is 29.2 Å². The van der Waals surface area contributed by atoms with E-state index in [-0.39, 0.29) is 5.92 Å². The molecule has 0 radical (unpaired) electrons. The molecule has 7 nitrogen and oxygen atoms in total. The van der Waals surface area contributed by atoms with Crippen molar-refractivity contribution in [2.75, 3.05) is 5.73 Å². The summed E-state index contributed by atoms with van der Waals surface area (Å²) < 4.78 is 11.2. The highest BCUT2D eigenvalue weighted by atomic mass is 16.5. The Balaban J connectivity index is 0.966. The summed E-state index contributed by atoms with van der Waals surface area (Å²) in [6, 6.07) is 47.1. The largest absolute Gasteiger partial charge is 0.461 e. The average molecular weight is 831 g/mol. The van der Waals surface area contributed by atoms with Crippen molar-refractivity contribution in [1.82, 2.24) is 24.1 Å². The number of nitrogen functional groups attached to an aromatic ring is 1. The molecule has 3 unspecified atom stereocenters. The van der Waals surface area contributed by atoms with Crippen LogP contribution in [0.2, 0.25) is 0 Å². The van der Waals surface area contributed by atoms with Crippen LogP contribution < -0.4 is 10.5 Å². The number of para-hydroxylation sites is 3. The van der Waals surface area contributed by atoms with Crippen molar-refractivity contribution in [3.8, 4) is 34.2 Å². The summed E-state index contributed by atoms with van der Waals surface area (Å²) in [4.78, 5) is 15.5. The number of ether oxygens (including phenoxy) is 1. The molecule has 3 atom stereocenters. The number of fused-ring (bicyclic) bond motifs is 10. The topological polar surface area (TPSA) is 83.8 Å². The summed E-state index contributed by atoms with van der Waals surface area (Å²) in [5.74, 6) is 5.31. The third-order valence-corrected chi connectivity index (χ3v) is 14.2. The molecule has 4 aliphatic rings. The van der Waals surface area contributed by atoms with E-state index in [1.165, 1.54) is 69.6 Å². The third-order valence-electron chi connectivity index (χ3n) is 14.2. The fraction of sp³-hybridized carbons (Fsp3) is 0.175. The normalized spacial score (nSPS) is 19.4. The summed E-state index contributed by atoms with van der Waals surface area (Å²) in [6.07, 6.45) is 19.5. The Labute approximate surface area is 371 Å². The molecular weight excluding hydrogens is 785 g/mol. The zero-order chi connectivity index (χ0) is 42.3. The Morgan fingerprint density at radius 3 is 2.20 bits per heavy atom. The molecule has 3 aromatic heterocycles. The average Bonchev–Trinajstić information content (AvgIpc) is 4.02. The lowest BCUT2D eigenvalue weighted by Crippen LogP contribution is -2.17. The van der Waals surface area contributed by atoms with Crippen molar-refractivity contribution < 1.29 is 4.74 Å². The molecule has 0 saturated carbocycles. The van der Waals surface area contributed by atoms with Gasteiger partial charge in [0.1, 0.15) is 11.5 Å². The van der Waals surface area contributed by atoms with Crippen LogP contribution in [0.25, 0.3) is 83.3 Å². The lowest BCUT2D eigenvalue weighted by molar-refractivity contribution is 0.384. The first kappa shape index (κ1) is 37.1. The molecule has 6 aromatic carbocycles. The zero-order valence-corrected chi connectivity index (χ0v) is 35.5. The number of anilines is 1. The SMILES string of the molecule is Nc1cc(-c2nc(C3=CC(C4C=CCCC4)CCC3)nc(-c3ccccc3)n2)ccc1-n1c2ccccc2c2ccc3c(c4ccccc4n3C3=CC=C4Oc5ccccc5C4C3)c21. The highest BCUT2D eigenvalue weighted by Gasteiger charge is 2.33. The van der Waals surface area contributed by atoms with E-state index in [1.807, 2.05) is 24.3 Å². The molecule has 0 spiro atoms. The zero-order valence-electron chi connectivity index (χ0n) is 35.5. The van der Waals surface area contributed by atoms with E-state index in [0.717, 1.165) is 70.0 Å². The minimum absolute atomic E-state index is 0.181. The molecule has 9 aromatic rings. The van der Waals surface area contributed by atoms with Crippen LogP contribution in [0.3, 0.4) is 0 Å². The van der Waals surface area contributed by atoms with Gasteiger partial charge in [0.15, 0.2) is 17.5 Å². The molecular formula is C57H46N6O. The van der Waals surface area contributed by atoms with Gasteiger partial charge in [-0.25, -0.2) is 15.0 Å². The molecule has 0 saturated heterocycles. The van der Waals surface area contributed by atoms with E-state index in [2.05, 4.69) is 149 Å². The summed E-state index contributed by atoms with van der Waals surface area (Å²) in [5, 5.41) is 4.76. The second kappa shape index (κ2) is 14.8. The van der Waals surface area contributed by atoms with Gasteiger partial charge in [-0.05, 0) is 111 Å². The van der Waals surface area contributed by atoms with Gasteiger partial charge < -0.3 is 19.6 Å².